The van der Waals surface area contributed by atoms with Gasteiger partial charge in [0, 0.05) is 5.38 Å². The second kappa shape index (κ2) is 5.90. The lowest BCUT2D eigenvalue weighted by Gasteiger charge is -2.10. The van der Waals surface area contributed by atoms with E-state index in [1.165, 1.54) is 11.3 Å². The maximum absolute atomic E-state index is 5.67. The van der Waals surface area contributed by atoms with Gasteiger partial charge in [-0.2, -0.15) is 0 Å². The average molecular weight is 394 g/mol. The van der Waals surface area contributed by atoms with Crippen LogP contribution in [0.2, 0.25) is 0 Å². The summed E-state index contributed by atoms with van der Waals surface area (Å²) in [6, 6.07) is 3.69. The number of nitrogens with zero attached hydrogens (tertiary/aromatic N) is 1. The first kappa shape index (κ1) is 13.6. The Kier molecular flexibility index (Phi) is 4.47. The number of thiazole rings is 1. The van der Waals surface area contributed by atoms with E-state index in [-0.39, 0.29) is 0 Å². The van der Waals surface area contributed by atoms with Crippen LogP contribution < -0.4 is 15.2 Å². The molecule has 96 valence electrons. The summed E-state index contributed by atoms with van der Waals surface area (Å²) in [5.74, 6) is 1.46. The van der Waals surface area contributed by atoms with Gasteiger partial charge in [-0.3, -0.25) is 0 Å². The van der Waals surface area contributed by atoms with Gasteiger partial charge in [0.05, 0.1) is 21.7 Å². The van der Waals surface area contributed by atoms with Crippen LogP contribution in [0.1, 0.15) is 5.69 Å². The van der Waals surface area contributed by atoms with Crippen LogP contribution in [0.3, 0.4) is 0 Å². The number of hydrogen-bond acceptors (Lipinski definition) is 5. The Balaban J connectivity index is 2.12. The van der Waals surface area contributed by atoms with E-state index in [9.17, 15) is 0 Å². The van der Waals surface area contributed by atoms with Crippen molar-refractivity contribution in [2.24, 2.45) is 0 Å². The summed E-state index contributed by atoms with van der Waals surface area (Å²) in [6.07, 6.45) is 0. The van der Waals surface area contributed by atoms with Crippen molar-refractivity contribution >= 4 is 48.3 Å². The molecule has 0 saturated heterocycles. The molecule has 0 spiro atoms. The van der Waals surface area contributed by atoms with E-state index in [0.717, 1.165) is 20.4 Å². The number of anilines is 1. The van der Waals surface area contributed by atoms with E-state index in [1.54, 1.807) is 7.11 Å². The highest BCUT2D eigenvalue weighted by atomic mass is 79.9. The Labute approximate surface area is 125 Å². The van der Waals surface area contributed by atoms with Crippen LogP contribution in [0, 0.1) is 0 Å². The van der Waals surface area contributed by atoms with Crippen LogP contribution in [0.4, 0.5) is 5.13 Å². The zero-order chi connectivity index (χ0) is 13.1. The maximum atomic E-state index is 5.67. The molecule has 2 rings (SSSR count). The molecule has 0 fully saturated rings. The number of halogens is 2. The molecule has 0 aliphatic heterocycles. The second-order valence-electron chi connectivity index (χ2n) is 3.38. The average Bonchev–Trinajstić information content (AvgIpc) is 2.75. The van der Waals surface area contributed by atoms with Gasteiger partial charge in [-0.1, -0.05) is 0 Å². The van der Waals surface area contributed by atoms with Crippen LogP contribution in [0.15, 0.2) is 26.5 Å². The summed E-state index contributed by atoms with van der Waals surface area (Å²) in [6.45, 7) is 0.380. The van der Waals surface area contributed by atoms with Crippen molar-refractivity contribution in [3.63, 3.8) is 0 Å². The van der Waals surface area contributed by atoms with Gasteiger partial charge in [0.2, 0.25) is 0 Å². The van der Waals surface area contributed by atoms with Crippen molar-refractivity contribution < 1.29 is 9.47 Å². The minimum Gasteiger partial charge on any atom is -0.496 e. The fourth-order valence-corrected chi connectivity index (χ4v) is 2.79. The van der Waals surface area contributed by atoms with Crippen LogP contribution in [0.25, 0.3) is 0 Å². The van der Waals surface area contributed by atoms with Crippen LogP contribution >= 0.6 is 43.2 Å². The van der Waals surface area contributed by atoms with Gasteiger partial charge >= 0.3 is 0 Å². The van der Waals surface area contributed by atoms with Crippen LogP contribution in [-0.2, 0) is 6.61 Å². The summed E-state index contributed by atoms with van der Waals surface area (Å²) in [4.78, 5) is 4.13. The molecule has 0 radical (unpaired) electrons. The molecule has 2 aromatic rings. The molecule has 1 aromatic carbocycles. The quantitative estimate of drug-likeness (QED) is 0.857. The van der Waals surface area contributed by atoms with E-state index in [2.05, 4.69) is 36.8 Å². The highest BCUT2D eigenvalue weighted by Gasteiger charge is 2.09. The Hall–Kier alpha value is -0.790. The number of hydrogen-bond donors (Lipinski definition) is 1. The second-order valence-corrected chi connectivity index (χ2v) is 5.98. The van der Waals surface area contributed by atoms with Crippen molar-refractivity contribution in [1.29, 1.82) is 0 Å². The summed E-state index contributed by atoms with van der Waals surface area (Å²) < 4.78 is 12.5. The van der Waals surface area contributed by atoms with Crippen LogP contribution in [0.5, 0.6) is 11.5 Å². The zero-order valence-electron chi connectivity index (χ0n) is 9.44. The number of nitrogens with two attached hydrogens (primary N) is 1. The molecule has 0 atom stereocenters. The molecule has 0 unspecified atom stereocenters. The Morgan fingerprint density at radius 2 is 1.94 bits per heavy atom. The predicted octanol–water partition coefficient (Wildman–Crippen LogP) is 3.84. The normalized spacial score (nSPS) is 10.4. The summed E-state index contributed by atoms with van der Waals surface area (Å²) >= 11 is 8.24. The minimum atomic E-state index is 0.380. The lowest BCUT2D eigenvalue weighted by molar-refractivity contribution is 0.299. The number of nitrogen functional groups attached to an aromatic ring is 1. The molecule has 0 aliphatic carbocycles. The van der Waals surface area contributed by atoms with Gasteiger partial charge in [0.25, 0.3) is 0 Å². The van der Waals surface area contributed by atoms with Gasteiger partial charge in [-0.05, 0) is 44.0 Å². The molecular weight excluding hydrogens is 384 g/mol. The smallest absolute Gasteiger partial charge is 0.180 e. The van der Waals surface area contributed by atoms with Crippen molar-refractivity contribution in [2.45, 2.75) is 6.61 Å². The molecule has 0 saturated carbocycles. The number of aromatic nitrogens is 1. The number of benzene rings is 1. The van der Waals surface area contributed by atoms with E-state index >= 15 is 0 Å². The predicted molar refractivity (Wildman–Crippen MR) is 79.3 cm³/mol. The lowest BCUT2D eigenvalue weighted by Crippen LogP contribution is -1.97. The summed E-state index contributed by atoms with van der Waals surface area (Å²) in [7, 11) is 1.62. The van der Waals surface area contributed by atoms with E-state index in [4.69, 9.17) is 15.2 Å². The Morgan fingerprint density at radius 1 is 1.28 bits per heavy atom. The van der Waals surface area contributed by atoms with Crippen molar-refractivity contribution in [1.82, 2.24) is 4.98 Å². The fraction of sp³-hybridized carbons (Fsp3) is 0.182. The van der Waals surface area contributed by atoms with Gasteiger partial charge < -0.3 is 15.2 Å². The van der Waals surface area contributed by atoms with Crippen molar-refractivity contribution in [3.8, 4) is 11.5 Å². The van der Waals surface area contributed by atoms with Crippen LogP contribution in [-0.4, -0.2) is 12.1 Å². The molecule has 0 bridgehead atoms. The molecule has 4 nitrogen and oxygen atoms in total. The SMILES string of the molecule is COc1cc(Br)c(OCc2csc(N)n2)cc1Br. The van der Waals surface area contributed by atoms with E-state index in [1.807, 2.05) is 17.5 Å². The van der Waals surface area contributed by atoms with E-state index < -0.39 is 0 Å². The first-order valence-corrected chi connectivity index (χ1v) is 7.42. The summed E-state index contributed by atoms with van der Waals surface area (Å²) in [5, 5.41) is 2.42. The van der Waals surface area contributed by atoms with Gasteiger partial charge in [0.15, 0.2) is 5.13 Å². The number of ether oxygens (including phenoxy) is 2. The zero-order valence-corrected chi connectivity index (χ0v) is 13.4. The standard InChI is InChI=1S/C11H10Br2N2O2S/c1-16-9-2-8(13)10(3-7(9)12)17-4-6-5-18-11(14)15-6/h2-3,5H,4H2,1H3,(H2,14,15). The third kappa shape index (κ3) is 3.15. The Morgan fingerprint density at radius 3 is 2.56 bits per heavy atom. The fourth-order valence-electron chi connectivity index (χ4n) is 1.32. The van der Waals surface area contributed by atoms with Gasteiger partial charge in [-0.25, -0.2) is 4.98 Å². The first-order valence-electron chi connectivity index (χ1n) is 4.96. The molecule has 2 N–H and O–H groups in total. The number of rotatable bonds is 4. The lowest BCUT2D eigenvalue weighted by atomic mass is 10.3. The largest absolute Gasteiger partial charge is 0.496 e. The highest BCUT2D eigenvalue weighted by molar-refractivity contribution is 9.11. The van der Waals surface area contributed by atoms with E-state index in [0.29, 0.717) is 17.5 Å². The summed E-state index contributed by atoms with van der Waals surface area (Å²) in [5.41, 5.74) is 6.37. The molecule has 18 heavy (non-hydrogen) atoms. The number of methoxy groups -OCH3 is 1. The molecule has 1 heterocycles. The van der Waals surface area contributed by atoms with Gasteiger partial charge in [-0.15, -0.1) is 11.3 Å². The topological polar surface area (TPSA) is 57.4 Å². The Bertz CT molecular complexity index is 560. The first-order chi connectivity index (χ1) is 8.60. The molecule has 0 aliphatic rings. The highest BCUT2D eigenvalue weighted by Crippen LogP contribution is 2.36. The molecule has 7 heteroatoms. The monoisotopic (exact) mass is 392 g/mol. The maximum Gasteiger partial charge on any atom is 0.180 e. The molecule has 0 amide bonds. The van der Waals surface area contributed by atoms with Crippen molar-refractivity contribution in [2.75, 3.05) is 12.8 Å². The molecule has 1 aromatic heterocycles. The third-order valence-corrected chi connectivity index (χ3v) is 4.11. The van der Waals surface area contributed by atoms with Gasteiger partial charge in [0.1, 0.15) is 18.1 Å². The minimum absolute atomic E-state index is 0.380. The molecular formula is C11H10Br2N2O2S. The van der Waals surface area contributed by atoms with Crippen molar-refractivity contribution in [3.05, 3.63) is 32.2 Å². The third-order valence-electron chi connectivity index (χ3n) is 2.15.